The summed E-state index contributed by atoms with van der Waals surface area (Å²) >= 11 is 0. The lowest BCUT2D eigenvalue weighted by Gasteiger charge is -2.17. The van der Waals surface area contributed by atoms with Crippen molar-refractivity contribution in [3.8, 4) is 0 Å². The molecule has 0 heterocycles. The second-order valence-electron chi connectivity index (χ2n) is 6.68. The first-order chi connectivity index (χ1) is 10.8. The van der Waals surface area contributed by atoms with Crippen LogP contribution in [-0.4, -0.2) is 24.4 Å². The molecule has 0 rings (SSSR count). The zero-order valence-electron chi connectivity index (χ0n) is 15.5. The highest BCUT2D eigenvalue weighted by Gasteiger charge is 2.08. The summed E-state index contributed by atoms with van der Waals surface area (Å²) in [6.07, 6.45) is 20.4. The highest BCUT2D eigenvalue weighted by Crippen LogP contribution is 2.16. The second kappa shape index (κ2) is 19.0. The summed E-state index contributed by atoms with van der Waals surface area (Å²) in [6, 6.07) is 0. The van der Waals surface area contributed by atoms with Gasteiger partial charge < -0.3 is 9.84 Å². The van der Waals surface area contributed by atoms with E-state index < -0.39 is 0 Å². The van der Waals surface area contributed by atoms with Crippen molar-refractivity contribution in [3.05, 3.63) is 0 Å². The van der Waals surface area contributed by atoms with E-state index in [4.69, 9.17) is 9.84 Å². The van der Waals surface area contributed by atoms with Crippen LogP contribution in [0.25, 0.3) is 0 Å². The zero-order valence-corrected chi connectivity index (χ0v) is 15.5. The van der Waals surface area contributed by atoms with Crippen molar-refractivity contribution in [2.45, 2.75) is 116 Å². The van der Waals surface area contributed by atoms with Gasteiger partial charge in [-0.2, -0.15) is 0 Å². The SMILES string of the molecule is CCCCCCCCCCCC(CCCCCC)OCCO. The van der Waals surface area contributed by atoms with Crippen molar-refractivity contribution in [2.75, 3.05) is 13.2 Å². The summed E-state index contributed by atoms with van der Waals surface area (Å²) in [6.45, 7) is 5.19. The first-order valence-electron chi connectivity index (χ1n) is 10.1. The van der Waals surface area contributed by atoms with Crippen LogP contribution in [0.3, 0.4) is 0 Å². The first-order valence-corrected chi connectivity index (χ1v) is 10.1. The number of unbranched alkanes of at least 4 members (excludes halogenated alkanes) is 11. The van der Waals surface area contributed by atoms with Gasteiger partial charge in [-0.25, -0.2) is 0 Å². The largest absolute Gasteiger partial charge is 0.394 e. The van der Waals surface area contributed by atoms with E-state index in [-0.39, 0.29) is 6.61 Å². The van der Waals surface area contributed by atoms with Crippen molar-refractivity contribution in [1.82, 2.24) is 0 Å². The molecule has 0 bridgehead atoms. The Bertz CT molecular complexity index is 194. The molecule has 0 aromatic rings. The molecule has 0 aromatic heterocycles. The minimum Gasteiger partial charge on any atom is -0.394 e. The topological polar surface area (TPSA) is 29.5 Å². The minimum absolute atomic E-state index is 0.156. The van der Waals surface area contributed by atoms with Gasteiger partial charge in [0, 0.05) is 0 Å². The molecule has 0 saturated heterocycles. The molecule has 0 aliphatic rings. The molecule has 0 radical (unpaired) electrons. The smallest absolute Gasteiger partial charge is 0.0701 e. The van der Waals surface area contributed by atoms with E-state index in [1.165, 1.54) is 96.3 Å². The molecule has 0 fully saturated rings. The number of ether oxygens (including phenoxy) is 1. The van der Waals surface area contributed by atoms with Gasteiger partial charge >= 0.3 is 0 Å². The van der Waals surface area contributed by atoms with E-state index >= 15 is 0 Å². The monoisotopic (exact) mass is 314 g/mol. The maximum absolute atomic E-state index is 8.93. The summed E-state index contributed by atoms with van der Waals surface area (Å²) < 4.78 is 5.79. The van der Waals surface area contributed by atoms with Gasteiger partial charge in [-0.15, -0.1) is 0 Å². The van der Waals surface area contributed by atoms with Gasteiger partial charge in [0.05, 0.1) is 19.3 Å². The molecule has 0 aliphatic carbocycles. The number of aliphatic hydroxyl groups excluding tert-OH is 1. The Balaban J connectivity index is 3.48. The van der Waals surface area contributed by atoms with Gasteiger partial charge in [0.1, 0.15) is 0 Å². The second-order valence-corrected chi connectivity index (χ2v) is 6.68. The Morgan fingerprint density at radius 2 is 1.05 bits per heavy atom. The molecular formula is C20H42O2. The fraction of sp³-hybridized carbons (Fsp3) is 1.00. The third kappa shape index (κ3) is 16.3. The molecule has 0 spiro atoms. The van der Waals surface area contributed by atoms with Gasteiger partial charge in [-0.1, -0.05) is 97.3 Å². The van der Waals surface area contributed by atoms with Crippen LogP contribution in [0, 0.1) is 0 Å². The predicted molar refractivity (Wildman–Crippen MR) is 97.4 cm³/mol. The van der Waals surface area contributed by atoms with Gasteiger partial charge in [0.25, 0.3) is 0 Å². The molecule has 1 N–H and O–H groups in total. The lowest BCUT2D eigenvalue weighted by Crippen LogP contribution is -2.15. The molecular weight excluding hydrogens is 272 g/mol. The Morgan fingerprint density at radius 3 is 1.50 bits per heavy atom. The molecule has 1 atom stereocenters. The summed E-state index contributed by atoms with van der Waals surface area (Å²) in [5.74, 6) is 0. The van der Waals surface area contributed by atoms with Gasteiger partial charge in [-0.3, -0.25) is 0 Å². The van der Waals surface area contributed by atoms with Crippen LogP contribution >= 0.6 is 0 Å². The molecule has 0 aliphatic heterocycles. The average Bonchev–Trinajstić information content (AvgIpc) is 2.54. The van der Waals surface area contributed by atoms with E-state index in [1.807, 2.05) is 0 Å². The standard InChI is InChI=1S/C20H42O2/c1-3-5-7-9-10-11-12-13-15-17-20(22-19-18-21)16-14-8-6-4-2/h20-21H,3-19H2,1-2H3. The number of hydrogen-bond donors (Lipinski definition) is 1. The fourth-order valence-electron chi connectivity index (χ4n) is 3.01. The lowest BCUT2D eigenvalue weighted by atomic mass is 10.0. The van der Waals surface area contributed by atoms with Crippen molar-refractivity contribution in [2.24, 2.45) is 0 Å². The third-order valence-electron chi connectivity index (χ3n) is 4.45. The van der Waals surface area contributed by atoms with Crippen LogP contribution in [0.5, 0.6) is 0 Å². The van der Waals surface area contributed by atoms with Crippen LogP contribution < -0.4 is 0 Å². The summed E-state index contributed by atoms with van der Waals surface area (Å²) in [7, 11) is 0. The van der Waals surface area contributed by atoms with Crippen molar-refractivity contribution >= 4 is 0 Å². The fourth-order valence-corrected chi connectivity index (χ4v) is 3.01. The summed E-state index contributed by atoms with van der Waals surface area (Å²) in [4.78, 5) is 0. The van der Waals surface area contributed by atoms with Crippen LogP contribution in [0.2, 0.25) is 0 Å². The Kier molecular flexibility index (Phi) is 18.9. The van der Waals surface area contributed by atoms with Crippen molar-refractivity contribution in [1.29, 1.82) is 0 Å². The molecule has 0 amide bonds. The van der Waals surface area contributed by atoms with Gasteiger partial charge in [0.2, 0.25) is 0 Å². The van der Waals surface area contributed by atoms with Crippen LogP contribution in [0.15, 0.2) is 0 Å². The summed E-state index contributed by atoms with van der Waals surface area (Å²) in [5, 5.41) is 8.93. The van der Waals surface area contributed by atoms with E-state index in [0.29, 0.717) is 12.7 Å². The van der Waals surface area contributed by atoms with Crippen molar-refractivity contribution < 1.29 is 9.84 Å². The summed E-state index contributed by atoms with van der Waals surface area (Å²) in [5.41, 5.74) is 0. The highest BCUT2D eigenvalue weighted by atomic mass is 16.5. The lowest BCUT2D eigenvalue weighted by molar-refractivity contribution is 0.0167. The minimum atomic E-state index is 0.156. The Labute approximate surface area is 140 Å². The average molecular weight is 315 g/mol. The molecule has 22 heavy (non-hydrogen) atoms. The van der Waals surface area contributed by atoms with Crippen LogP contribution in [0.4, 0.5) is 0 Å². The zero-order chi connectivity index (χ0) is 16.3. The highest BCUT2D eigenvalue weighted by molar-refractivity contribution is 4.60. The maximum Gasteiger partial charge on any atom is 0.0701 e. The maximum atomic E-state index is 8.93. The van der Waals surface area contributed by atoms with E-state index in [2.05, 4.69) is 13.8 Å². The van der Waals surface area contributed by atoms with Crippen molar-refractivity contribution in [3.63, 3.8) is 0 Å². The molecule has 0 saturated carbocycles. The number of hydrogen-bond acceptors (Lipinski definition) is 2. The van der Waals surface area contributed by atoms with Gasteiger partial charge in [0.15, 0.2) is 0 Å². The molecule has 134 valence electrons. The third-order valence-corrected chi connectivity index (χ3v) is 4.45. The van der Waals surface area contributed by atoms with Gasteiger partial charge in [-0.05, 0) is 12.8 Å². The number of aliphatic hydroxyl groups is 1. The predicted octanol–water partition coefficient (Wildman–Crippen LogP) is 6.26. The number of rotatable bonds is 18. The van der Waals surface area contributed by atoms with Crippen LogP contribution in [-0.2, 0) is 4.74 Å². The first kappa shape index (κ1) is 21.9. The van der Waals surface area contributed by atoms with E-state index in [9.17, 15) is 0 Å². The molecule has 2 heteroatoms. The Hall–Kier alpha value is -0.0800. The Morgan fingerprint density at radius 1 is 0.636 bits per heavy atom. The molecule has 2 nitrogen and oxygen atoms in total. The molecule has 1 unspecified atom stereocenters. The van der Waals surface area contributed by atoms with E-state index in [0.717, 1.165) is 0 Å². The molecule has 0 aromatic carbocycles. The van der Waals surface area contributed by atoms with Crippen LogP contribution in [0.1, 0.15) is 110 Å². The normalized spacial score (nSPS) is 12.7. The quantitative estimate of drug-likeness (QED) is 0.303. The van der Waals surface area contributed by atoms with E-state index in [1.54, 1.807) is 0 Å².